The quantitative estimate of drug-likeness (QED) is 0.621. The van der Waals surface area contributed by atoms with Crippen LogP contribution in [0.15, 0.2) is 42.5 Å². The lowest BCUT2D eigenvalue weighted by atomic mass is 9.95. The largest absolute Gasteiger partial charge is 0.486 e. The number of hydrogen-bond acceptors (Lipinski definition) is 5. The fourth-order valence-corrected chi connectivity index (χ4v) is 3.03. The summed E-state index contributed by atoms with van der Waals surface area (Å²) in [5, 5.41) is 13.8. The number of ether oxygens (including phenoxy) is 2. The number of nitrogens with one attached hydrogen (secondary N) is 1. The molecule has 0 saturated heterocycles. The molecule has 2 aromatic rings. The summed E-state index contributed by atoms with van der Waals surface area (Å²) < 4.78 is 11.2. The van der Waals surface area contributed by atoms with Crippen LogP contribution in [0.4, 0.5) is 5.69 Å². The van der Waals surface area contributed by atoms with Crippen molar-refractivity contribution in [3.63, 3.8) is 0 Å². The van der Waals surface area contributed by atoms with E-state index in [1.807, 2.05) is 32.0 Å². The summed E-state index contributed by atoms with van der Waals surface area (Å²) in [6, 6.07) is 11.5. The third-order valence-electron chi connectivity index (χ3n) is 4.42. The van der Waals surface area contributed by atoms with Crippen LogP contribution in [-0.4, -0.2) is 24.0 Å². The molecule has 0 aliphatic carbocycles. The molecule has 0 spiro atoms. The van der Waals surface area contributed by atoms with Crippen LogP contribution in [0, 0.1) is 16.0 Å². The molecule has 2 aromatic carbocycles. The van der Waals surface area contributed by atoms with Gasteiger partial charge in [0.25, 0.3) is 5.69 Å². The van der Waals surface area contributed by atoms with Crippen LogP contribution in [0.1, 0.15) is 31.0 Å². The number of rotatable bonds is 6. The number of nitro benzene ring substituents is 1. The Bertz CT molecular complexity index is 833. The molecular formula is C20H22N2O5. The minimum absolute atomic E-state index is 0.00972. The van der Waals surface area contributed by atoms with E-state index in [0.29, 0.717) is 24.7 Å². The van der Waals surface area contributed by atoms with Crippen molar-refractivity contribution >= 4 is 11.6 Å². The van der Waals surface area contributed by atoms with Gasteiger partial charge in [-0.05, 0) is 29.2 Å². The van der Waals surface area contributed by atoms with Gasteiger partial charge in [-0.1, -0.05) is 32.0 Å². The third kappa shape index (κ3) is 4.55. The highest BCUT2D eigenvalue weighted by atomic mass is 16.6. The average molecular weight is 370 g/mol. The molecule has 7 nitrogen and oxygen atoms in total. The van der Waals surface area contributed by atoms with Crippen LogP contribution in [0.25, 0.3) is 0 Å². The number of nitro groups is 1. The summed E-state index contributed by atoms with van der Waals surface area (Å²) in [6.07, 6.45) is 0.158. The second kappa shape index (κ2) is 8.07. The minimum atomic E-state index is -0.458. The Kier molecular flexibility index (Phi) is 5.59. The highest BCUT2D eigenvalue weighted by Crippen LogP contribution is 2.34. The molecule has 1 aliphatic rings. The Balaban J connectivity index is 1.70. The normalized spacial score (nSPS) is 13.9. The number of carbonyl (C=O) groups excluding carboxylic acids is 1. The van der Waals surface area contributed by atoms with Crippen LogP contribution >= 0.6 is 0 Å². The number of amides is 1. The van der Waals surface area contributed by atoms with Gasteiger partial charge in [-0.3, -0.25) is 14.9 Å². The van der Waals surface area contributed by atoms with Crippen molar-refractivity contribution in [1.29, 1.82) is 0 Å². The molecule has 0 radical (unpaired) electrons. The van der Waals surface area contributed by atoms with Gasteiger partial charge in [0.1, 0.15) is 13.2 Å². The molecule has 1 N–H and O–H groups in total. The molecule has 0 fully saturated rings. The van der Waals surface area contributed by atoms with Crippen molar-refractivity contribution in [2.75, 3.05) is 13.2 Å². The molecule has 0 saturated carbocycles. The lowest BCUT2D eigenvalue weighted by Gasteiger charge is -2.25. The first-order chi connectivity index (χ1) is 12.9. The zero-order valence-electron chi connectivity index (χ0n) is 15.3. The maximum atomic E-state index is 12.5. The van der Waals surface area contributed by atoms with E-state index in [2.05, 4.69) is 5.32 Å². The van der Waals surface area contributed by atoms with Gasteiger partial charge >= 0.3 is 0 Å². The van der Waals surface area contributed by atoms with Crippen molar-refractivity contribution in [3.8, 4) is 11.5 Å². The van der Waals surface area contributed by atoms with Gasteiger partial charge in [-0.2, -0.15) is 0 Å². The molecule has 142 valence electrons. The Morgan fingerprint density at radius 2 is 1.78 bits per heavy atom. The lowest BCUT2D eigenvalue weighted by Crippen LogP contribution is -2.33. The van der Waals surface area contributed by atoms with Crippen LogP contribution in [-0.2, 0) is 11.2 Å². The number of benzene rings is 2. The number of non-ortho nitro benzene ring substituents is 1. The predicted octanol–water partition coefficient (Wildman–Crippen LogP) is 3.42. The number of fused-ring (bicyclic) bond motifs is 1. The summed E-state index contributed by atoms with van der Waals surface area (Å²) in [7, 11) is 0. The highest BCUT2D eigenvalue weighted by Gasteiger charge is 2.21. The molecule has 3 rings (SSSR count). The van der Waals surface area contributed by atoms with Crippen molar-refractivity contribution < 1.29 is 19.2 Å². The first-order valence-electron chi connectivity index (χ1n) is 8.86. The minimum Gasteiger partial charge on any atom is -0.486 e. The molecule has 0 bridgehead atoms. The molecule has 1 atom stereocenters. The molecule has 27 heavy (non-hydrogen) atoms. The van der Waals surface area contributed by atoms with Crippen LogP contribution in [0.3, 0.4) is 0 Å². The van der Waals surface area contributed by atoms with E-state index in [9.17, 15) is 14.9 Å². The van der Waals surface area contributed by atoms with Crippen molar-refractivity contribution in [3.05, 3.63) is 63.7 Å². The average Bonchev–Trinajstić information content (AvgIpc) is 2.66. The topological polar surface area (TPSA) is 90.7 Å². The third-order valence-corrected chi connectivity index (χ3v) is 4.42. The molecular weight excluding hydrogens is 348 g/mol. The summed E-state index contributed by atoms with van der Waals surface area (Å²) >= 11 is 0. The molecule has 1 amide bonds. The van der Waals surface area contributed by atoms with E-state index in [-0.39, 0.29) is 30.0 Å². The molecule has 1 heterocycles. The van der Waals surface area contributed by atoms with E-state index >= 15 is 0 Å². The van der Waals surface area contributed by atoms with Gasteiger partial charge in [-0.25, -0.2) is 0 Å². The number of carbonyl (C=O) groups is 1. The van der Waals surface area contributed by atoms with Gasteiger partial charge in [0.2, 0.25) is 5.91 Å². The lowest BCUT2D eigenvalue weighted by molar-refractivity contribution is -0.384. The van der Waals surface area contributed by atoms with E-state index in [0.717, 1.165) is 11.1 Å². The first-order valence-corrected chi connectivity index (χ1v) is 8.86. The van der Waals surface area contributed by atoms with Gasteiger partial charge in [0.15, 0.2) is 11.5 Å². The Labute approximate surface area is 157 Å². The fourth-order valence-electron chi connectivity index (χ4n) is 3.03. The summed E-state index contributed by atoms with van der Waals surface area (Å²) in [5.74, 6) is 1.43. The van der Waals surface area contributed by atoms with Crippen LogP contribution in [0.5, 0.6) is 11.5 Å². The summed E-state index contributed by atoms with van der Waals surface area (Å²) in [4.78, 5) is 22.8. The highest BCUT2D eigenvalue weighted by molar-refractivity contribution is 5.79. The molecule has 7 heteroatoms. The Morgan fingerprint density at radius 3 is 2.41 bits per heavy atom. The van der Waals surface area contributed by atoms with Crippen LogP contribution in [0.2, 0.25) is 0 Å². The summed E-state index contributed by atoms with van der Waals surface area (Å²) in [5.41, 5.74) is 1.68. The van der Waals surface area contributed by atoms with Gasteiger partial charge in [0.05, 0.1) is 17.4 Å². The Hall–Kier alpha value is -3.09. The smallest absolute Gasteiger partial charge is 0.269 e. The molecule has 0 unspecified atom stereocenters. The van der Waals surface area contributed by atoms with Gasteiger partial charge in [-0.15, -0.1) is 0 Å². The zero-order valence-corrected chi connectivity index (χ0v) is 15.3. The fraction of sp³-hybridized carbons (Fsp3) is 0.350. The Morgan fingerprint density at radius 1 is 1.11 bits per heavy atom. The predicted molar refractivity (Wildman–Crippen MR) is 100.0 cm³/mol. The monoisotopic (exact) mass is 370 g/mol. The van der Waals surface area contributed by atoms with Crippen molar-refractivity contribution in [1.82, 2.24) is 5.32 Å². The van der Waals surface area contributed by atoms with Crippen molar-refractivity contribution in [2.24, 2.45) is 5.92 Å². The second-order valence-electron chi connectivity index (χ2n) is 6.79. The second-order valence-corrected chi connectivity index (χ2v) is 6.79. The van der Waals surface area contributed by atoms with Crippen molar-refractivity contribution in [2.45, 2.75) is 26.3 Å². The van der Waals surface area contributed by atoms with E-state index in [1.54, 1.807) is 12.1 Å². The van der Waals surface area contributed by atoms with Gasteiger partial charge in [0, 0.05) is 12.1 Å². The van der Waals surface area contributed by atoms with Crippen LogP contribution < -0.4 is 14.8 Å². The number of nitrogens with zero attached hydrogens (tertiary/aromatic N) is 1. The van der Waals surface area contributed by atoms with Gasteiger partial charge < -0.3 is 14.8 Å². The maximum Gasteiger partial charge on any atom is 0.269 e. The van der Waals surface area contributed by atoms with E-state index in [1.165, 1.54) is 12.1 Å². The maximum absolute atomic E-state index is 12.5. The molecule has 1 aliphatic heterocycles. The molecule has 0 aromatic heterocycles. The van der Waals surface area contributed by atoms with E-state index < -0.39 is 4.92 Å². The first kappa shape index (κ1) is 18.7. The SMILES string of the molecule is CC(C)[C@H](NC(=O)Cc1ccc([N+](=O)[O-])cc1)c1ccc2c(c1)OCCO2. The van der Waals surface area contributed by atoms with E-state index in [4.69, 9.17) is 9.47 Å². The number of hydrogen-bond donors (Lipinski definition) is 1. The summed E-state index contributed by atoms with van der Waals surface area (Å²) in [6.45, 7) is 5.11. The standard InChI is InChI=1S/C20H22N2O5/c1-13(2)20(15-5-8-17-18(12-15)27-10-9-26-17)21-19(23)11-14-3-6-16(7-4-14)22(24)25/h3-8,12-13,20H,9-11H2,1-2H3,(H,21,23)/t20-/m0/s1. The zero-order chi connectivity index (χ0) is 19.4.